The summed E-state index contributed by atoms with van der Waals surface area (Å²) in [5, 5.41) is 1.96. The van der Waals surface area contributed by atoms with Gasteiger partial charge in [-0.1, -0.05) is 0 Å². The molecule has 0 aliphatic heterocycles. The van der Waals surface area contributed by atoms with Gasteiger partial charge in [-0.25, -0.2) is 4.79 Å². The third kappa shape index (κ3) is 7.33. The van der Waals surface area contributed by atoms with E-state index in [4.69, 9.17) is 4.74 Å². The molecule has 0 saturated carbocycles. The normalized spacial score (nSPS) is 11.3. The van der Waals surface area contributed by atoms with Crippen molar-refractivity contribution >= 4 is 5.97 Å². The third-order valence-electron chi connectivity index (χ3n) is 1.19. The van der Waals surface area contributed by atoms with Gasteiger partial charge in [0.15, 0.2) is 6.54 Å². The van der Waals surface area contributed by atoms with Crippen molar-refractivity contribution < 1.29 is 14.8 Å². The lowest BCUT2D eigenvalue weighted by Gasteiger charge is -2.15. The van der Waals surface area contributed by atoms with Gasteiger partial charge < -0.3 is 10.1 Å². The number of hydrogen-bond acceptors (Lipinski definition) is 2. The molecule has 0 radical (unpaired) electrons. The molecule has 0 heterocycles. The van der Waals surface area contributed by atoms with Crippen LogP contribution in [0.2, 0.25) is 0 Å². The fourth-order valence-electron chi connectivity index (χ4n) is 0.609. The van der Waals surface area contributed by atoms with Gasteiger partial charge in [0, 0.05) is 0 Å². The van der Waals surface area contributed by atoms with Gasteiger partial charge in [-0.2, -0.15) is 0 Å². The van der Waals surface area contributed by atoms with E-state index in [1.54, 1.807) is 0 Å². The van der Waals surface area contributed by atoms with Crippen LogP contribution in [-0.4, -0.2) is 24.7 Å². The monoisotopic (exact) mass is 160 g/mol. The second-order valence-electron chi connectivity index (χ2n) is 3.58. The van der Waals surface area contributed by atoms with E-state index < -0.39 is 0 Å². The zero-order chi connectivity index (χ0) is 8.91. The molecule has 3 nitrogen and oxygen atoms in total. The zero-order valence-electron chi connectivity index (χ0n) is 7.81. The number of rotatable bonds is 3. The van der Waals surface area contributed by atoms with Gasteiger partial charge in [0.2, 0.25) is 0 Å². The second-order valence-corrected chi connectivity index (χ2v) is 3.58. The van der Waals surface area contributed by atoms with Crippen LogP contribution in [0.5, 0.6) is 0 Å². The molecule has 0 amide bonds. The molecule has 0 spiro atoms. The van der Waals surface area contributed by atoms with Crippen molar-refractivity contribution in [2.45, 2.75) is 33.2 Å². The molecule has 0 rings (SSSR count). The van der Waals surface area contributed by atoms with Crippen molar-refractivity contribution in [3.63, 3.8) is 0 Å². The lowest BCUT2D eigenvalue weighted by atomic mass is 10.1. The Hall–Kier alpha value is -0.570. The largest absolute Gasteiger partial charge is 0.462 e. The Kier molecular flexibility index (Phi) is 4.11. The lowest BCUT2D eigenvalue weighted by molar-refractivity contribution is -0.708. The van der Waals surface area contributed by atoms with Gasteiger partial charge in [0.25, 0.3) is 0 Å². The van der Waals surface area contributed by atoms with E-state index >= 15 is 0 Å². The Balaban J connectivity index is 3.46. The summed E-state index contributed by atoms with van der Waals surface area (Å²) in [5.41, 5.74) is 0.104. The number of esters is 1. The topological polar surface area (TPSA) is 42.9 Å². The predicted octanol–water partition coefficient (Wildman–Crippen LogP) is -0.0886. The fraction of sp³-hybridized carbons (Fsp3) is 0.875. The van der Waals surface area contributed by atoms with Crippen molar-refractivity contribution in [2.75, 3.05) is 13.2 Å². The van der Waals surface area contributed by atoms with Gasteiger partial charge in [0.05, 0.1) is 12.1 Å². The van der Waals surface area contributed by atoms with Gasteiger partial charge in [-0.05, 0) is 27.7 Å². The molecular formula is C8H18NO2+. The van der Waals surface area contributed by atoms with Gasteiger partial charge in [0.1, 0.15) is 0 Å². The highest BCUT2D eigenvalue weighted by Gasteiger charge is 2.15. The van der Waals surface area contributed by atoms with Gasteiger partial charge >= 0.3 is 5.97 Å². The lowest BCUT2D eigenvalue weighted by Crippen LogP contribution is -2.95. The van der Waals surface area contributed by atoms with Crippen LogP contribution in [0.25, 0.3) is 0 Å². The molecule has 66 valence electrons. The fourth-order valence-corrected chi connectivity index (χ4v) is 0.609. The van der Waals surface area contributed by atoms with E-state index in [-0.39, 0.29) is 11.5 Å². The molecule has 0 aromatic heterocycles. The average Bonchev–Trinajstić information content (AvgIpc) is 1.83. The molecule has 0 saturated heterocycles. The molecule has 0 fully saturated rings. The molecule has 11 heavy (non-hydrogen) atoms. The Morgan fingerprint density at radius 3 is 2.36 bits per heavy atom. The van der Waals surface area contributed by atoms with Crippen LogP contribution in [0, 0.1) is 0 Å². The Morgan fingerprint density at radius 2 is 2.00 bits per heavy atom. The molecule has 2 N–H and O–H groups in total. The minimum Gasteiger partial charge on any atom is -0.462 e. The Labute approximate surface area is 68.1 Å². The van der Waals surface area contributed by atoms with Crippen LogP contribution in [0.15, 0.2) is 0 Å². The first kappa shape index (κ1) is 10.4. The summed E-state index contributed by atoms with van der Waals surface area (Å²) in [6.07, 6.45) is 0. The minimum absolute atomic E-state index is 0.104. The molecule has 0 atom stereocenters. The van der Waals surface area contributed by atoms with Crippen LogP contribution >= 0.6 is 0 Å². The number of ether oxygens (including phenoxy) is 1. The van der Waals surface area contributed by atoms with Crippen LogP contribution in [0.4, 0.5) is 0 Å². The standard InChI is InChI=1S/C8H17NO2/c1-5-11-7(10)6-9-8(2,3)4/h9H,5-6H2,1-4H3/p+1. The van der Waals surface area contributed by atoms with Crippen molar-refractivity contribution in [3.05, 3.63) is 0 Å². The molecule has 0 unspecified atom stereocenters. The van der Waals surface area contributed by atoms with Crippen LogP contribution in [-0.2, 0) is 9.53 Å². The SMILES string of the molecule is CCOC(=O)C[NH2+]C(C)(C)C. The summed E-state index contributed by atoms with van der Waals surface area (Å²) in [5.74, 6) is -0.137. The molecule has 3 heteroatoms. The van der Waals surface area contributed by atoms with Crippen LogP contribution in [0.3, 0.4) is 0 Å². The average molecular weight is 160 g/mol. The summed E-state index contributed by atoms with van der Waals surface area (Å²) >= 11 is 0. The Morgan fingerprint density at radius 1 is 1.45 bits per heavy atom. The number of nitrogens with two attached hydrogens (primary N) is 1. The van der Waals surface area contributed by atoms with E-state index in [0.29, 0.717) is 13.2 Å². The molecular weight excluding hydrogens is 142 g/mol. The van der Waals surface area contributed by atoms with Gasteiger partial charge in [-0.3, -0.25) is 0 Å². The molecule has 0 aliphatic rings. The first-order chi connectivity index (χ1) is 4.95. The summed E-state index contributed by atoms with van der Waals surface area (Å²) in [7, 11) is 0. The van der Waals surface area contributed by atoms with E-state index in [9.17, 15) is 4.79 Å². The molecule has 0 aromatic rings. The van der Waals surface area contributed by atoms with Gasteiger partial charge in [-0.15, -0.1) is 0 Å². The summed E-state index contributed by atoms with van der Waals surface area (Å²) in [4.78, 5) is 10.8. The quantitative estimate of drug-likeness (QED) is 0.586. The van der Waals surface area contributed by atoms with E-state index in [1.165, 1.54) is 0 Å². The first-order valence-corrected chi connectivity index (χ1v) is 3.95. The van der Waals surface area contributed by atoms with Crippen molar-refractivity contribution in [2.24, 2.45) is 0 Å². The van der Waals surface area contributed by atoms with Crippen molar-refractivity contribution in [1.29, 1.82) is 0 Å². The summed E-state index contributed by atoms with van der Waals surface area (Å²) < 4.78 is 4.77. The molecule has 0 aliphatic carbocycles. The number of hydrogen-bond donors (Lipinski definition) is 1. The van der Waals surface area contributed by atoms with Crippen molar-refractivity contribution in [1.82, 2.24) is 0 Å². The third-order valence-corrected chi connectivity index (χ3v) is 1.19. The highest BCUT2D eigenvalue weighted by atomic mass is 16.5. The number of carbonyl (C=O) groups excluding carboxylic acids is 1. The number of quaternary nitrogens is 1. The summed E-state index contributed by atoms with van der Waals surface area (Å²) in [6.45, 7) is 8.88. The Bertz CT molecular complexity index is 127. The van der Waals surface area contributed by atoms with Crippen LogP contribution < -0.4 is 5.32 Å². The van der Waals surface area contributed by atoms with E-state index in [1.807, 2.05) is 12.2 Å². The molecule has 0 aromatic carbocycles. The minimum atomic E-state index is -0.137. The molecule has 0 bridgehead atoms. The maximum Gasteiger partial charge on any atom is 0.361 e. The zero-order valence-corrected chi connectivity index (χ0v) is 7.81. The summed E-state index contributed by atoms with van der Waals surface area (Å²) in [6, 6.07) is 0. The van der Waals surface area contributed by atoms with Crippen molar-refractivity contribution in [3.8, 4) is 0 Å². The van der Waals surface area contributed by atoms with E-state index in [0.717, 1.165) is 0 Å². The highest BCUT2D eigenvalue weighted by molar-refractivity contribution is 5.70. The van der Waals surface area contributed by atoms with Crippen LogP contribution in [0.1, 0.15) is 27.7 Å². The predicted molar refractivity (Wildman–Crippen MR) is 43.2 cm³/mol. The maximum absolute atomic E-state index is 10.8. The highest BCUT2D eigenvalue weighted by Crippen LogP contribution is 1.87. The first-order valence-electron chi connectivity index (χ1n) is 3.95. The van der Waals surface area contributed by atoms with E-state index in [2.05, 4.69) is 20.8 Å². The second kappa shape index (κ2) is 4.34. The maximum atomic E-state index is 10.8. The smallest absolute Gasteiger partial charge is 0.361 e. The number of carbonyl (C=O) groups is 1.